The fourth-order valence-electron chi connectivity index (χ4n) is 3.09. The van der Waals surface area contributed by atoms with Gasteiger partial charge in [-0.1, -0.05) is 57.3 Å². The van der Waals surface area contributed by atoms with Gasteiger partial charge in [-0.05, 0) is 37.7 Å². The van der Waals surface area contributed by atoms with Gasteiger partial charge in [0.2, 0.25) is 0 Å². The van der Waals surface area contributed by atoms with Gasteiger partial charge in [-0.15, -0.1) is 0 Å². The summed E-state index contributed by atoms with van der Waals surface area (Å²) in [4.78, 5) is 5.07. The Hall–Kier alpha value is -0.850. The first-order valence-electron chi connectivity index (χ1n) is 8.31. The van der Waals surface area contributed by atoms with Gasteiger partial charge >= 0.3 is 0 Å². The van der Waals surface area contributed by atoms with E-state index in [1.54, 1.807) is 0 Å². The van der Waals surface area contributed by atoms with E-state index in [0.717, 1.165) is 12.8 Å². The van der Waals surface area contributed by atoms with Gasteiger partial charge in [-0.2, -0.15) is 0 Å². The average molecular weight is 259 g/mol. The Bertz CT molecular complexity index is 343. The quantitative estimate of drug-likeness (QED) is 0.449. The summed E-state index contributed by atoms with van der Waals surface area (Å²) in [5.41, 5.74) is 2.91. The predicted octanol–water partition coefficient (Wildman–Crippen LogP) is 5.62. The lowest BCUT2D eigenvalue weighted by Crippen LogP contribution is -2.15. The minimum absolute atomic E-state index is 0.620. The van der Waals surface area contributed by atoms with E-state index in [-0.39, 0.29) is 0 Å². The first-order valence-corrected chi connectivity index (χ1v) is 8.31. The van der Waals surface area contributed by atoms with E-state index >= 15 is 0 Å². The molecule has 0 spiro atoms. The molecule has 106 valence electrons. The summed E-state index contributed by atoms with van der Waals surface area (Å²) in [5, 5.41) is 0. The van der Waals surface area contributed by atoms with Crippen molar-refractivity contribution in [3.05, 3.63) is 23.8 Å². The molecule has 1 saturated carbocycles. The lowest BCUT2D eigenvalue weighted by atomic mass is 9.93. The molecule has 0 heterocycles. The van der Waals surface area contributed by atoms with Gasteiger partial charge in [0.25, 0.3) is 0 Å². The van der Waals surface area contributed by atoms with Crippen molar-refractivity contribution in [2.75, 3.05) is 0 Å². The molecule has 2 aliphatic rings. The summed E-state index contributed by atoms with van der Waals surface area (Å²) >= 11 is 0. The molecule has 1 nitrogen and oxygen atoms in total. The Balaban J connectivity index is 1.95. The van der Waals surface area contributed by atoms with Crippen molar-refractivity contribution in [3.63, 3.8) is 0 Å². The topological polar surface area (TPSA) is 12.4 Å². The normalized spacial score (nSPS) is 25.3. The summed E-state index contributed by atoms with van der Waals surface area (Å²) in [5.74, 6) is 0. The van der Waals surface area contributed by atoms with Crippen molar-refractivity contribution in [1.29, 1.82) is 0 Å². The SMILES string of the molecule is CCCCCC=C1CC=CCC1=NC1CCCCC1. The first-order chi connectivity index (χ1) is 9.40. The second-order valence-corrected chi connectivity index (χ2v) is 5.97. The maximum Gasteiger partial charge on any atom is 0.0503 e. The van der Waals surface area contributed by atoms with Crippen LogP contribution in [0.2, 0.25) is 0 Å². The molecule has 0 unspecified atom stereocenters. The zero-order valence-corrected chi connectivity index (χ0v) is 12.5. The molecule has 0 atom stereocenters. The molecule has 0 radical (unpaired) electrons. The van der Waals surface area contributed by atoms with Crippen molar-refractivity contribution in [2.45, 2.75) is 83.6 Å². The molecule has 0 saturated heterocycles. The molecule has 1 heteroatoms. The highest BCUT2D eigenvalue weighted by Gasteiger charge is 2.15. The van der Waals surface area contributed by atoms with Crippen LogP contribution in [-0.4, -0.2) is 11.8 Å². The van der Waals surface area contributed by atoms with Gasteiger partial charge in [-0.25, -0.2) is 0 Å². The summed E-state index contributed by atoms with van der Waals surface area (Å²) in [6.07, 6.45) is 21.3. The molecule has 0 aliphatic heterocycles. The zero-order valence-electron chi connectivity index (χ0n) is 12.5. The van der Waals surface area contributed by atoms with Crippen LogP contribution in [0.25, 0.3) is 0 Å². The van der Waals surface area contributed by atoms with Gasteiger partial charge in [0.05, 0.1) is 6.04 Å². The molecule has 2 rings (SSSR count). The third kappa shape index (κ3) is 4.97. The Morgan fingerprint density at radius 3 is 2.68 bits per heavy atom. The van der Waals surface area contributed by atoms with Crippen LogP contribution >= 0.6 is 0 Å². The van der Waals surface area contributed by atoms with Crippen LogP contribution in [0.15, 0.2) is 28.8 Å². The van der Waals surface area contributed by atoms with E-state index in [1.165, 1.54) is 69.1 Å². The fourth-order valence-corrected chi connectivity index (χ4v) is 3.09. The first kappa shape index (κ1) is 14.6. The molecule has 0 aromatic heterocycles. The molecule has 0 aromatic carbocycles. The van der Waals surface area contributed by atoms with E-state index in [4.69, 9.17) is 4.99 Å². The van der Waals surface area contributed by atoms with Crippen molar-refractivity contribution >= 4 is 5.71 Å². The second-order valence-electron chi connectivity index (χ2n) is 5.97. The minimum Gasteiger partial charge on any atom is -0.286 e. The number of nitrogens with zero attached hydrogens (tertiary/aromatic N) is 1. The van der Waals surface area contributed by atoms with E-state index in [2.05, 4.69) is 25.2 Å². The minimum atomic E-state index is 0.620. The Labute approximate surface area is 118 Å². The lowest BCUT2D eigenvalue weighted by molar-refractivity contribution is 0.443. The highest BCUT2D eigenvalue weighted by atomic mass is 14.8. The monoisotopic (exact) mass is 259 g/mol. The summed E-state index contributed by atoms with van der Waals surface area (Å²) < 4.78 is 0. The van der Waals surface area contributed by atoms with Gasteiger partial charge < -0.3 is 0 Å². The van der Waals surface area contributed by atoms with Crippen LogP contribution in [-0.2, 0) is 0 Å². The number of rotatable bonds is 5. The Morgan fingerprint density at radius 1 is 1.11 bits per heavy atom. The van der Waals surface area contributed by atoms with Crippen LogP contribution in [0.4, 0.5) is 0 Å². The maximum absolute atomic E-state index is 5.07. The van der Waals surface area contributed by atoms with Crippen LogP contribution in [0.5, 0.6) is 0 Å². The van der Waals surface area contributed by atoms with Gasteiger partial charge in [0.1, 0.15) is 0 Å². The molecule has 0 N–H and O–H groups in total. The Morgan fingerprint density at radius 2 is 1.89 bits per heavy atom. The molecule has 2 aliphatic carbocycles. The summed E-state index contributed by atoms with van der Waals surface area (Å²) in [6, 6.07) is 0.620. The molecule has 1 fully saturated rings. The number of hydrogen-bond donors (Lipinski definition) is 0. The van der Waals surface area contributed by atoms with Gasteiger partial charge in [0, 0.05) is 12.1 Å². The molecular weight excluding hydrogens is 230 g/mol. The van der Waals surface area contributed by atoms with E-state index in [1.807, 2.05) is 0 Å². The maximum atomic E-state index is 5.07. The standard InChI is InChI=1S/C18H29N/c1-2-3-4-6-11-16-12-9-10-15-18(16)19-17-13-7-5-8-14-17/h9-11,17H,2-8,12-15H2,1H3. The highest BCUT2D eigenvalue weighted by Crippen LogP contribution is 2.24. The molecule has 0 amide bonds. The molecule has 0 bridgehead atoms. The van der Waals surface area contributed by atoms with Crippen molar-refractivity contribution in [2.24, 2.45) is 4.99 Å². The van der Waals surface area contributed by atoms with E-state index in [0.29, 0.717) is 6.04 Å². The highest BCUT2D eigenvalue weighted by molar-refractivity contribution is 6.02. The van der Waals surface area contributed by atoms with Crippen LogP contribution in [0.1, 0.15) is 77.6 Å². The van der Waals surface area contributed by atoms with Crippen molar-refractivity contribution in [1.82, 2.24) is 0 Å². The third-order valence-electron chi connectivity index (χ3n) is 4.30. The third-order valence-corrected chi connectivity index (χ3v) is 4.30. The van der Waals surface area contributed by atoms with Crippen LogP contribution in [0, 0.1) is 0 Å². The van der Waals surface area contributed by atoms with E-state index < -0.39 is 0 Å². The van der Waals surface area contributed by atoms with Gasteiger partial charge in [-0.3, -0.25) is 4.99 Å². The number of hydrogen-bond acceptors (Lipinski definition) is 1. The Kier molecular flexibility index (Phi) is 6.39. The number of unbranched alkanes of at least 4 members (excludes halogenated alkanes) is 3. The summed E-state index contributed by atoms with van der Waals surface area (Å²) in [6.45, 7) is 2.27. The second kappa shape index (κ2) is 8.35. The van der Waals surface area contributed by atoms with Gasteiger partial charge in [0.15, 0.2) is 0 Å². The van der Waals surface area contributed by atoms with E-state index in [9.17, 15) is 0 Å². The number of allylic oxidation sites excluding steroid dienone is 4. The predicted molar refractivity (Wildman–Crippen MR) is 84.9 cm³/mol. The smallest absolute Gasteiger partial charge is 0.0503 e. The van der Waals surface area contributed by atoms with Crippen LogP contribution in [0.3, 0.4) is 0 Å². The molecule has 19 heavy (non-hydrogen) atoms. The fraction of sp³-hybridized carbons (Fsp3) is 0.722. The average Bonchev–Trinajstić information content (AvgIpc) is 2.46. The summed E-state index contributed by atoms with van der Waals surface area (Å²) in [7, 11) is 0. The van der Waals surface area contributed by atoms with Crippen molar-refractivity contribution < 1.29 is 0 Å². The largest absolute Gasteiger partial charge is 0.286 e. The number of aliphatic imine (C=N–C) groups is 1. The van der Waals surface area contributed by atoms with Crippen LogP contribution < -0.4 is 0 Å². The molecular formula is C18H29N. The zero-order chi connectivity index (χ0) is 13.3. The lowest BCUT2D eigenvalue weighted by Gasteiger charge is -2.21. The van der Waals surface area contributed by atoms with Crippen molar-refractivity contribution in [3.8, 4) is 0 Å². The molecule has 0 aromatic rings.